The summed E-state index contributed by atoms with van der Waals surface area (Å²) >= 11 is 11.8. The number of piperidine rings is 1. The van der Waals surface area contributed by atoms with Crippen LogP contribution in [0, 0.1) is 5.92 Å². The van der Waals surface area contributed by atoms with Gasteiger partial charge in [0, 0.05) is 31.2 Å². The van der Waals surface area contributed by atoms with Gasteiger partial charge in [0.25, 0.3) is 0 Å². The van der Waals surface area contributed by atoms with Gasteiger partial charge in [-0.05, 0) is 32.4 Å². The third-order valence-electron chi connectivity index (χ3n) is 3.52. The fourth-order valence-electron chi connectivity index (χ4n) is 2.43. The SMILES string of the molecule is C[C@H]1C[C@@H](C(=O)NCCNc2ncc(Cl)cc2Cl)CCN1. The zero-order valence-electron chi connectivity index (χ0n) is 12.0. The summed E-state index contributed by atoms with van der Waals surface area (Å²) in [4.78, 5) is 16.1. The fraction of sp³-hybridized carbons (Fsp3) is 0.571. The summed E-state index contributed by atoms with van der Waals surface area (Å²) in [7, 11) is 0. The number of carbonyl (C=O) groups is 1. The van der Waals surface area contributed by atoms with E-state index >= 15 is 0 Å². The molecule has 1 aromatic rings. The normalized spacial score (nSPS) is 21.9. The van der Waals surface area contributed by atoms with Gasteiger partial charge < -0.3 is 16.0 Å². The molecule has 0 spiro atoms. The molecule has 2 atom stereocenters. The minimum absolute atomic E-state index is 0.110. The summed E-state index contributed by atoms with van der Waals surface area (Å²) in [5, 5.41) is 10.3. The summed E-state index contributed by atoms with van der Waals surface area (Å²) in [5.74, 6) is 0.810. The third-order valence-corrected chi connectivity index (χ3v) is 4.01. The molecule has 5 nitrogen and oxygen atoms in total. The molecule has 2 heterocycles. The van der Waals surface area contributed by atoms with E-state index in [0.717, 1.165) is 19.4 Å². The van der Waals surface area contributed by atoms with Gasteiger partial charge in [-0.2, -0.15) is 0 Å². The molecule has 0 radical (unpaired) electrons. The maximum Gasteiger partial charge on any atom is 0.223 e. The van der Waals surface area contributed by atoms with Gasteiger partial charge in [-0.1, -0.05) is 23.2 Å². The van der Waals surface area contributed by atoms with Crippen molar-refractivity contribution in [2.75, 3.05) is 25.0 Å². The van der Waals surface area contributed by atoms with Crippen LogP contribution in [-0.2, 0) is 4.79 Å². The van der Waals surface area contributed by atoms with E-state index in [2.05, 4.69) is 27.9 Å². The van der Waals surface area contributed by atoms with Crippen molar-refractivity contribution in [2.45, 2.75) is 25.8 Å². The predicted octanol–water partition coefficient (Wildman–Crippen LogP) is 2.30. The van der Waals surface area contributed by atoms with Crippen LogP contribution in [0.5, 0.6) is 0 Å². The molecule has 21 heavy (non-hydrogen) atoms. The highest BCUT2D eigenvalue weighted by atomic mass is 35.5. The van der Waals surface area contributed by atoms with Gasteiger partial charge in [-0.3, -0.25) is 4.79 Å². The van der Waals surface area contributed by atoms with E-state index in [1.54, 1.807) is 6.07 Å². The van der Waals surface area contributed by atoms with Gasteiger partial charge in [0.1, 0.15) is 5.82 Å². The molecule has 1 saturated heterocycles. The number of carbonyl (C=O) groups excluding carboxylic acids is 1. The van der Waals surface area contributed by atoms with Crippen molar-refractivity contribution in [1.82, 2.24) is 15.6 Å². The number of nitrogens with one attached hydrogen (secondary N) is 3. The zero-order chi connectivity index (χ0) is 15.2. The minimum Gasteiger partial charge on any atom is -0.367 e. The van der Waals surface area contributed by atoms with E-state index < -0.39 is 0 Å². The van der Waals surface area contributed by atoms with E-state index in [1.165, 1.54) is 6.20 Å². The molecule has 0 aromatic carbocycles. The molecule has 0 unspecified atom stereocenters. The van der Waals surface area contributed by atoms with Crippen LogP contribution in [0.15, 0.2) is 12.3 Å². The molecule has 1 aliphatic rings. The van der Waals surface area contributed by atoms with E-state index in [-0.39, 0.29) is 11.8 Å². The molecule has 3 N–H and O–H groups in total. The van der Waals surface area contributed by atoms with Gasteiger partial charge >= 0.3 is 0 Å². The Labute approximate surface area is 134 Å². The summed E-state index contributed by atoms with van der Waals surface area (Å²) in [6.07, 6.45) is 3.32. The van der Waals surface area contributed by atoms with Crippen LogP contribution in [0.2, 0.25) is 10.0 Å². The number of nitrogens with zero attached hydrogens (tertiary/aromatic N) is 1. The Morgan fingerprint density at radius 2 is 2.29 bits per heavy atom. The molecule has 1 amide bonds. The zero-order valence-corrected chi connectivity index (χ0v) is 13.5. The number of hydrogen-bond acceptors (Lipinski definition) is 4. The molecule has 116 valence electrons. The van der Waals surface area contributed by atoms with Crippen molar-refractivity contribution in [1.29, 1.82) is 0 Å². The molecule has 0 bridgehead atoms. The lowest BCUT2D eigenvalue weighted by atomic mass is 9.92. The Morgan fingerprint density at radius 1 is 1.48 bits per heavy atom. The highest BCUT2D eigenvalue weighted by molar-refractivity contribution is 6.35. The Balaban J connectivity index is 1.70. The number of aromatic nitrogens is 1. The van der Waals surface area contributed by atoms with Gasteiger partial charge in [0.15, 0.2) is 0 Å². The minimum atomic E-state index is 0.110. The highest BCUT2D eigenvalue weighted by Gasteiger charge is 2.24. The summed E-state index contributed by atoms with van der Waals surface area (Å²) in [6.45, 7) is 4.12. The largest absolute Gasteiger partial charge is 0.367 e. The summed E-state index contributed by atoms with van der Waals surface area (Å²) in [5.41, 5.74) is 0. The molecule has 7 heteroatoms. The van der Waals surface area contributed by atoms with E-state index in [4.69, 9.17) is 23.2 Å². The Morgan fingerprint density at radius 3 is 3.00 bits per heavy atom. The van der Waals surface area contributed by atoms with Crippen LogP contribution < -0.4 is 16.0 Å². The lowest BCUT2D eigenvalue weighted by molar-refractivity contribution is -0.125. The summed E-state index contributed by atoms with van der Waals surface area (Å²) < 4.78 is 0. The number of hydrogen-bond donors (Lipinski definition) is 3. The van der Waals surface area contributed by atoms with Gasteiger partial charge in [0.05, 0.1) is 10.0 Å². The van der Waals surface area contributed by atoms with Crippen molar-refractivity contribution in [3.63, 3.8) is 0 Å². The maximum absolute atomic E-state index is 12.0. The lowest BCUT2D eigenvalue weighted by Crippen LogP contribution is -2.43. The average molecular weight is 331 g/mol. The van der Waals surface area contributed by atoms with Gasteiger partial charge in [-0.25, -0.2) is 4.98 Å². The second kappa shape index (κ2) is 7.82. The predicted molar refractivity (Wildman–Crippen MR) is 85.9 cm³/mol. The Bertz CT molecular complexity index is 498. The van der Waals surface area contributed by atoms with Crippen LogP contribution >= 0.6 is 23.2 Å². The quantitative estimate of drug-likeness (QED) is 0.725. The topological polar surface area (TPSA) is 66.0 Å². The molecule has 1 aromatic heterocycles. The van der Waals surface area contributed by atoms with E-state index in [9.17, 15) is 4.79 Å². The van der Waals surface area contributed by atoms with Crippen molar-refractivity contribution in [3.8, 4) is 0 Å². The van der Waals surface area contributed by atoms with Crippen molar-refractivity contribution in [2.24, 2.45) is 5.92 Å². The highest BCUT2D eigenvalue weighted by Crippen LogP contribution is 2.22. The first-order valence-corrected chi connectivity index (χ1v) is 7.88. The standard InChI is InChI=1S/C14H20Cl2N4O/c1-9-6-10(2-3-17-9)14(21)19-5-4-18-13-12(16)7-11(15)8-20-13/h7-10,17H,2-6H2,1H3,(H,18,20)(H,19,21)/t9-,10-/m0/s1. The van der Waals surface area contributed by atoms with Crippen LogP contribution in [0.25, 0.3) is 0 Å². The molecule has 1 fully saturated rings. The monoisotopic (exact) mass is 330 g/mol. The Hall–Kier alpha value is -1.04. The van der Waals surface area contributed by atoms with E-state index in [0.29, 0.717) is 35.0 Å². The molecular formula is C14H20Cl2N4O. The second-order valence-corrected chi connectivity index (χ2v) is 6.12. The van der Waals surface area contributed by atoms with Crippen LogP contribution in [0.1, 0.15) is 19.8 Å². The Kier molecular flexibility index (Phi) is 6.08. The van der Waals surface area contributed by atoms with Crippen molar-refractivity contribution in [3.05, 3.63) is 22.3 Å². The number of halogens is 2. The van der Waals surface area contributed by atoms with Crippen molar-refractivity contribution >= 4 is 34.9 Å². The first-order chi connectivity index (χ1) is 10.1. The smallest absolute Gasteiger partial charge is 0.223 e. The molecular weight excluding hydrogens is 311 g/mol. The van der Waals surface area contributed by atoms with Crippen molar-refractivity contribution < 1.29 is 4.79 Å². The first kappa shape index (κ1) is 16.3. The second-order valence-electron chi connectivity index (χ2n) is 5.28. The third kappa shape index (κ3) is 5.02. The number of amides is 1. The van der Waals surface area contributed by atoms with Gasteiger partial charge in [-0.15, -0.1) is 0 Å². The molecule has 1 aliphatic heterocycles. The van der Waals surface area contributed by atoms with Crippen LogP contribution in [-0.4, -0.2) is 36.6 Å². The molecule has 0 aliphatic carbocycles. The first-order valence-electron chi connectivity index (χ1n) is 7.12. The number of anilines is 1. The average Bonchev–Trinajstić information content (AvgIpc) is 2.45. The lowest BCUT2D eigenvalue weighted by Gasteiger charge is -2.27. The fourth-order valence-corrected chi connectivity index (χ4v) is 2.87. The maximum atomic E-state index is 12.0. The summed E-state index contributed by atoms with van der Waals surface area (Å²) in [6, 6.07) is 2.04. The van der Waals surface area contributed by atoms with Crippen LogP contribution in [0.4, 0.5) is 5.82 Å². The molecule has 0 saturated carbocycles. The van der Waals surface area contributed by atoms with Gasteiger partial charge in [0.2, 0.25) is 5.91 Å². The van der Waals surface area contributed by atoms with Crippen LogP contribution in [0.3, 0.4) is 0 Å². The number of rotatable bonds is 5. The number of pyridine rings is 1. The molecule has 2 rings (SSSR count). The van der Waals surface area contributed by atoms with E-state index in [1.807, 2.05) is 0 Å².